The lowest BCUT2D eigenvalue weighted by Gasteiger charge is -2.08. The minimum Gasteiger partial charge on any atom is -0.456 e. The second-order valence-corrected chi connectivity index (χ2v) is 5.08. The van der Waals surface area contributed by atoms with Crippen LogP contribution in [0.5, 0.6) is 0 Å². The molecule has 1 aliphatic rings. The van der Waals surface area contributed by atoms with Gasteiger partial charge in [0.05, 0.1) is 10.8 Å². The zero-order chi connectivity index (χ0) is 13.0. The maximum atomic E-state index is 12.7. The summed E-state index contributed by atoms with van der Waals surface area (Å²) in [5.41, 5.74) is 10.3. The minimum atomic E-state index is 0.0648. The molecular weight excluding hydrogens is 238 g/mol. The summed E-state index contributed by atoms with van der Waals surface area (Å²) >= 11 is 0. The molecule has 0 amide bonds. The summed E-state index contributed by atoms with van der Waals surface area (Å²) in [5, 5.41) is 1.37. The van der Waals surface area contributed by atoms with Crippen molar-refractivity contribution >= 4 is 27.6 Å². The van der Waals surface area contributed by atoms with E-state index in [2.05, 4.69) is 0 Å². The van der Waals surface area contributed by atoms with Gasteiger partial charge in [-0.2, -0.15) is 0 Å². The van der Waals surface area contributed by atoms with Crippen LogP contribution in [0.2, 0.25) is 0 Å². The minimum absolute atomic E-state index is 0.0648. The van der Waals surface area contributed by atoms with E-state index in [1.165, 1.54) is 0 Å². The monoisotopic (exact) mass is 251 g/mol. The molecule has 0 saturated carbocycles. The summed E-state index contributed by atoms with van der Waals surface area (Å²) < 4.78 is 5.85. The average molecular weight is 251 g/mol. The molecule has 0 saturated heterocycles. The van der Waals surface area contributed by atoms with E-state index >= 15 is 0 Å². The summed E-state index contributed by atoms with van der Waals surface area (Å²) in [7, 11) is 0. The molecule has 0 fully saturated rings. The maximum Gasteiger partial charge on any atom is 0.200 e. The Labute approximate surface area is 109 Å². The van der Waals surface area contributed by atoms with Crippen molar-refractivity contribution in [3.05, 3.63) is 51.7 Å². The Hall–Kier alpha value is -2.29. The SMILES string of the molecule is Nc1cc2oc3ccccc3c(=O)c2c2c1CCC2. The van der Waals surface area contributed by atoms with E-state index in [1.807, 2.05) is 24.3 Å². The van der Waals surface area contributed by atoms with Crippen molar-refractivity contribution in [3.8, 4) is 0 Å². The van der Waals surface area contributed by atoms with Gasteiger partial charge < -0.3 is 10.2 Å². The van der Waals surface area contributed by atoms with Crippen molar-refractivity contribution in [1.82, 2.24) is 0 Å². The van der Waals surface area contributed by atoms with Crippen LogP contribution in [-0.4, -0.2) is 0 Å². The number of anilines is 1. The van der Waals surface area contributed by atoms with E-state index in [9.17, 15) is 4.79 Å². The molecule has 3 aromatic rings. The number of nitrogen functional groups attached to an aromatic ring is 1. The van der Waals surface area contributed by atoms with Crippen molar-refractivity contribution in [2.24, 2.45) is 0 Å². The molecule has 3 nitrogen and oxygen atoms in total. The van der Waals surface area contributed by atoms with Gasteiger partial charge in [0, 0.05) is 11.8 Å². The smallest absolute Gasteiger partial charge is 0.200 e. The van der Waals surface area contributed by atoms with Gasteiger partial charge in [0.15, 0.2) is 0 Å². The first-order valence-corrected chi connectivity index (χ1v) is 6.51. The largest absolute Gasteiger partial charge is 0.456 e. The van der Waals surface area contributed by atoms with Crippen molar-refractivity contribution in [1.29, 1.82) is 0 Å². The first kappa shape index (κ1) is 10.6. The van der Waals surface area contributed by atoms with E-state index in [-0.39, 0.29) is 5.43 Å². The summed E-state index contributed by atoms with van der Waals surface area (Å²) in [5.74, 6) is 0. The number of benzene rings is 2. The Morgan fingerprint density at radius 3 is 2.74 bits per heavy atom. The lowest BCUT2D eigenvalue weighted by molar-refractivity contribution is 0.659. The highest BCUT2D eigenvalue weighted by Crippen LogP contribution is 2.34. The van der Waals surface area contributed by atoms with Gasteiger partial charge >= 0.3 is 0 Å². The summed E-state index contributed by atoms with van der Waals surface area (Å²) in [6.45, 7) is 0. The zero-order valence-corrected chi connectivity index (χ0v) is 10.4. The van der Waals surface area contributed by atoms with Crippen LogP contribution in [0, 0.1) is 0 Å². The van der Waals surface area contributed by atoms with E-state index < -0.39 is 0 Å². The molecule has 0 unspecified atom stereocenters. The van der Waals surface area contributed by atoms with Crippen LogP contribution in [0.3, 0.4) is 0 Å². The molecule has 0 bridgehead atoms. The van der Waals surface area contributed by atoms with Gasteiger partial charge in [0.2, 0.25) is 5.43 Å². The van der Waals surface area contributed by atoms with Crippen molar-refractivity contribution < 1.29 is 4.42 Å². The molecule has 1 heterocycles. The van der Waals surface area contributed by atoms with Crippen LogP contribution in [0.25, 0.3) is 21.9 Å². The molecule has 0 atom stereocenters. The maximum absolute atomic E-state index is 12.7. The molecule has 0 spiro atoms. The summed E-state index contributed by atoms with van der Waals surface area (Å²) in [6.07, 6.45) is 2.94. The molecule has 0 aliphatic heterocycles. The normalized spacial score (nSPS) is 14.1. The Kier molecular flexibility index (Phi) is 2.01. The number of para-hydroxylation sites is 1. The Bertz CT molecular complexity index is 877. The summed E-state index contributed by atoms with van der Waals surface area (Å²) in [6, 6.07) is 9.17. The quantitative estimate of drug-likeness (QED) is 0.493. The molecule has 19 heavy (non-hydrogen) atoms. The van der Waals surface area contributed by atoms with Gasteiger partial charge in [-0.15, -0.1) is 0 Å². The lowest BCUT2D eigenvalue weighted by Crippen LogP contribution is -2.06. The van der Waals surface area contributed by atoms with E-state index in [0.717, 1.165) is 41.5 Å². The number of rotatable bonds is 0. The van der Waals surface area contributed by atoms with Gasteiger partial charge in [0.25, 0.3) is 0 Å². The molecule has 1 aliphatic carbocycles. The molecular formula is C16H13NO2. The van der Waals surface area contributed by atoms with E-state index in [1.54, 1.807) is 6.07 Å². The van der Waals surface area contributed by atoms with Gasteiger partial charge in [-0.25, -0.2) is 0 Å². The number of fused-ring (bicyclic) bond motifs is 4. The fourth-order valence-corrected chi connectivity index (χ4v) is 3.11. The highest BCUT2D eigenvalue weighted by molar-refractivity contribution is 5.94. The van der Waals surface area contributed by atoms with Crippen LogP contribution in [0.4, 0.5) is 5.69 Å². The molecule has 0 radical (unpaired) electrons. The fourth-order valence-electron chi connectivity index (χ4n) is 3.11. The number of hydrogen-bond donors (Lipinski definition) is 1. The Morgan fingerprint density at radius 1 is 1.05 bits per heavy atom. The number of hydrogen-bond acceptors (Lipinski definition) is 3. The van der Waals surface area contributed by atoms with Gasteiger partial charge in [0.1, 0.15) is 11.2 Å². The van der Waals surface area contributed by atoms with Crippen LogP contribution in [-0.2, 0) is 12.8 Å². The summed E-state index contributed by atoms with van der Waals surface area (Å²) in [4.78, 5) is 12.7. The van der Waals surface area contributed by atoms with Crippen LogP contribution in [0.15, 0.2) is 39.5 Å². The number of nitrogens with two attached hydrogens (primary N) is 1. The zero-order valence-electron chi connectivity index (χ0n) is 10.4. The fraction of sp³-hybridized carbons (Fsp3) is 0.188. The third kappa shape index (κ3) is 1.35. The highest BCUT2D eigenvalue weighted by atomic mass is 16.3. The van der Waals surface area contributed by atoms with Crippen LogP contribution in [0.1, 0.15) is 17.5 Å². The van der Waals surface area contributed by atoms with Crippen molar-refractivity contribution in [3.63, 3.8) is 0 Å². The second kappa shape index (κ2) is 3.60. The highest BCUT2D eigenvalue weighted by Gasteiger charge is 2.21. The van der Waals surface area contributed by atoms with Gasteiger partial charge in [-0.3, -0.25) is 4.79 Å². The van der Waals surface area contributed by atoms with E-state index in [0.29, 0.717) is 16.6 Å². The molecule has 2 aromatic carbocycles. The number of aryl methyl sites for hydroxylation is 1. The van der Waals surface area contributed by atoms with Gasteiger partial charge in [-0.1, -0.05) is 12.1 Å². The van der Waals surface area contributed by atoms with Crippen molar-refractivity contribution in [2.45, 2.75) is 19.3 Å². The molecule has 2 N–H and O–H groups in total. The van der Waals surface area contributed by atoms with E-state index in [4.69, 9.17) is 10.2 Å². The first-order chi connectivity index (χ1) is 9.25. The standard InChI is InChI=1S/C16H13NO2/c17-12-8-14-15(10-6-3-5-9(10)12)16(18)11-4-1-2-7-13(11)19-14/h1-2,4,7-8H,3,5-6,17H2. The topological polar surface area (TPSA) is 56.2 Å². The van der Waals surface area contributed by atoms with Crippen molar-refractivity contribution in [2.75, 3.05) is 5.73 Å². The second-order valence-electron chi connectivity index (χ2n) is 5.08. The average Bonchev–Trinajstić information content (AvgIpc) is 2.88. The van der Waals surface area contributed by atoms with Crippen LogP contribution >= 0.6 is 0 Å². The predicted octanol–water partition coefficient (Wildman–Crippen LogP) is 3.02. The first-order valence-electron chi connectivity index (χ1n) is 6.51. The molecule has 1 aromatic heterocycles. The van der Waals surface area contributed by atoms with Gasteiger partial charge in [-0.05, 0) is 42.5 Å². The molecule has 4 rings (SSSR count). The Morgan fingerprint density at radius 2 is 1.84 bits per heavy atom. The third-order valence-electron chi connectivity index (χ3n) is 3.98. The predicted molar refractivity (Wildman–Crippen MR) is 76.4 cm³/mol. The Balaban J connectivity index is 2.29. The third-order valence-corrected chi connectivity index (χ3v) is 3.98. The van der Waals surface area contributed by atoms with Crippen LogP contribution < -0.4 is 11.2 Å². The lowest BCUT2D eigenvalue weighted by atomic mass is 10.0. The molecule has 3 heteroatoms. The molecule has 94 valence electrons.